The van der Waals surface area contributed by atoms with E-state index in [-0.39, 0.29) is 17.2 Å². The summed E-state index contributed by atoms with van der Waals surface area (Å²) in [6, 6.07) is 12.6. The van der Waals surface area contributed by atoms with E-state index >= 15 is 0 Å². The zero-order valence-electron chi connectivity index (χ0n) is 18.1. The molecule has 3 aromatic rings. The standard InChI is InChI=1S/C25H21F3N2O4/c1-2-33-23-13-17(8-10-21(31)18-5-4-12-29-15-18)9-11-22(23)34-16-24(32)30-20-7-3-6-19(14-20)25(26,27)28/h3-15H,2,16H2,1H3,(H,30,32)/b10-8+. The number of pyridine rings is 1. The van der Waals surface area contributed by atoms with Gasteiger partial charge >= 0.3 is 6.18 Å². The van der Waals surface area contributed by atoms with Gasteiger partial charge in [-0.3, -0.25) is 14.6 Å². The molecular formula is C25H21F3N2O4. The number of hydrogen-bond donors (Lipinski definition) is 1. The number of amides is 1. The predicted molar refractivity (Wildman–Crippen MR) is 121 cm³/mol. The van der Waals surface area contributed by atoms with Crippen LogP contribution in [0.4, 0.5) is 18.9 Å². The number of carbonyl (C=O) groups is 2. The second-order valence-electron chi connectivity index (χ2n) is 6.99. The molecule has 1 N–H and O–H groups in total. The van der Waals surface area contributed by atoms with Crippen molar-refractivity contribution in [2.24, 2.45) is 0 Å². The first-order valence-electron chi connectivity index (χ1n) is 10.3. The highest BCUT2D eigenvalue weighted by molar-refractivity contribution is 6.06. The van der Waals surface area contributed by atoms with Crippen LogP contribution in [0.15, 0.2) is 73.1 Å². The molecule has 6 nitrogen and oxygen atoms in total. The summed E-state index contributed by atoms with van der Waals surface area (Å²) in [6.07, 6.45) is 1.56. The summed E-state index contributed by atoms with van der Waals surface area (Å²) in [4.78, 5) is 28.3. The van der Waals surface area contributed by atoms with Crippen molar-refractivity contribution in [2.45, 2.75) is 13.1 Å². The number of nitrogens with one attached hydrogen (secondary N) is 1. The minimum atomic E-state index is -4.51. The normalized spacial score (nSPS) is 11.3. The Morgan fingerprint density at radius 1 is 1.03 bits per heavy atom. The van der Waals surface area contributed by atoms with E-state index in [0.29, 0.717) is 23.5 Å². The van der Waals surface area contributed by atoms with Gasteiger partial charge in [0.15, 0.2) is 23.9 Å². The molecule has 0 spiro atoms. The van der Waals surface area contributed by atoms with E-state index < -0.39 is 24.3 Å². The molecule has 0 unspecified atom stereocenters. The number of alkyl halides is 3. The lowest BCUT2D eigenvalue weighted by Crippen LogP contribution is -2.20. The summed E-state index contributed by atoms with van der Waals surface area (Å²) in [6.45, 7) is 1.66. The molecule has 0 fully saturated rings. The highest BCUT2D eigenvalue weighted by Crippen LogP contribution is 2.31. The molecule has 0 aliphatic rings. The Kier molecular flexibility index (Phi) is 8.02. The van der Waals surface area contributed by atoms with Crippen molar-refractivity contribution < 1.29 is 32.2 Å². The molecule has 3 rings (SSSR count). The lowest BCUT2D eigenvalue weighted by atomic mass is 10.1. The maximum absolute atomic E-state index is 12.8. The van der Waals surface area contributed by atoms with Crippen molar-refractivity contribution in [3.8, 4) is 11.5 Å². The van der Waals surface area contributed by atoms with Crippen molar-refractivity contribution in [1.82, 2.24) is 4.98 Å². The van der Waals surface area contributed by atoms with Crippen LogP contribution < -0.4 is 14.8 Å². The fourth-order valence-electron chi connectivity index (χ4n) is 2.91. The highest BCUT2D eigenvalue weighted by atomic mass is 19.4. The average Bonchev–Trinajstić information content (AvgIpc) is 2.82. The Bertz CT molecular complexity index is 1180. The molecule has 0 saturated heterocycles. The predicted octanol–water partition coefficient (Wildman–Crippen LogP) is 5.41. The summed E-state index contributed by atoms with van der Waals surface area (Å²) in [7, 11) is 0. The molecule has 9 heteroatoms. The second-order valence-corrected chi connectivity index (χ2v) is 6.99. The number of nitrogens with zero attached hydrogens (tertiary/aromatic N) is 1. The van der Waals surface area contributed by atoms with Gasteiger partial charge in [0.25, 0.3) is 5.91 Å². The number of ketones is 1. The van der Waals surface area contributed by atoms with Crippen LogP contribution in [0.3, 0.4) is 0 Å². The number of carbonyl (C=O) groups excluding carboxylic acids is 2. The number of rotatable bonds is 9. The molecule has 0 aliphatic carbocycles. The van der Waals surface area contributed by atoms with E-state index in [1.807, 2.05) is 0 Å². The second kappa shape index (κ2) is 11.1. The maximum Gasteiger partial charge on any atom is 0.416 e. The van der Waals surface area contributed by atoms with E-state index in [9.17, 15) is 22.8 Å². The average molecular weight is 470 g/mol. The number of ether oxygens (including phenoxy) is 2. The molecule has 0 atom stereocenters. The monoisotopic (exact) mass is 470 g/mol. The Labute approximate surface area is 194 Å². The Balaban J connectivity index is 1.64. The summed E-state index contributed by atoms with van der Waals surface area (Å²) >= 11 is 0. The van der Waals surface area contributed by atoms with E-state index in [2.05, 4.69) is 10.3 Å². The third-order valence-corrected chi connectivity index (χ3v) is 4.47. The molecule has 0 bridgehead atoms. The van der Waals surface area contributed by atoms with Crippen molar-refractivity contribution >= 4 is 23.5 Å². The molecule has 0 radical (unpaired) electrons. The molecule has 176 valence electrons. The summed E-state index contributed by atoms with van der Waals surface area (Å²) in [5.74, 6) is -0.215. The van der Waals surface area contributed by atoms with Gasteiger partial charge in [0.05, 0.1) is 12.2 Å². The molecule has 34 heavy (non-hydrogen) atoms. The van der Waals surface area contributed by atoms with Gasteiger partial charge < -0.3 is 14.8 Å². The van der Waals surface area contributed by atoms with Crippen LogP contribution in [0.1, 0.15) is 28.4 Å². The van der Waals surface area contributed by atoms with Crippen LogP contribution in [0.2, 0.25) is 0 Å². The van der Waals surface area contributed by atoms with Crippen LogP contribution in [0.5, 0.6) is 11.5 Å². The molecule has 0 aliphatic heterocycles. The number of allylic oxidation sites excluding steroid dienone is 1. The van der Waals surface area contributed by atoms with Crippen molar-refractivity contribution in [3.63, 3.8) is 0 Å². The van der Waals surface area contributed by atoms with Gasteiger partial charge in [-0.05, 0) is 61.0 Å². The van der Waals surface area contributed by atoms with E-state index in [1.54, 1.807) is 49.5 Å². The fourth-order valence-corrected chi connectivity index (χ4v) is 2.91. The van der Waals surface area contributed by atoms with Gasteiger partial charge in [0.1, 0.15) is 0 Å². The van der Waals surface area contributed by atoms with Crippen molar-refractivity contribution in [1.29, 1.82) is 0 Å². The zero-order valence-corrected chi connectivity index (χ0v) is 18.1. The zero-order chi connectivity index (χ0) is 24.6. The Hall–Kier alpha value is -4.14. The third-order valence-electron chi connectivity index (χ3n) is 4.47. The van der Waals surface area contributed by atoms with Gasteiger partial charge in [-0.15, -0.1) is 0 Å². The lowest BCUT2D eigenvalue weighted by Gasteiger charge is -2.13. The van der Waals surface area contributed by atoms with Gasteiger partial charge in [0.2, 0.25) is 0 Å². The SMILES string of the molecule is CCOc1cc(/C=C/C(=O)c2cccnc2)ccc1OCC(=O)Nc1cccc(C(F)(F)F)c1. The summed E-state index contributed by atoms with van der Waals surface area (Å²) in [5, 5.41) is 2.38. The third kappa shape index (κ3) is 6.93. The van der Waals surface area contributed by atoms with Crippen molar-refractivity contribution in [2.75, 3.05) is 18.5 Å². The molecule has 0 saturated carbocycles. The first-order chi connectivity index (χ1) is 16.3. The first-order valence-corrected chi connectivity index (χ1v) is 10.3. The first kappa shape index (κ1) is 24.5. The number of hydrogen-bond acceptors (Lipinski definition) is 5. The van der Waals surface area contributed by atoms with Gasteiger partial charge in [-0.25, -0.2) is 0 Å². The van der Waals surface area contributed by atoms with E-state index in [4.69, 9.17) is 9.47 Å². The minimum absolute atomic E-state index is 0.00669. The molecule has 1 aromatic heterocycles. The van der Waals surface area contributed by atoms with E-state index in [1.165, 1.54) is 24.4 Å². The Morgan fingerprint density at radius 2 is 1.85 bits per heavy atom. The van der Waals surface area contributed by atoms with Crippen LogP contribution in [0, 0.1) is 0 Å². The number of anilines is 1. The Morgan fingerprint density at radius 3 is 2.56 bits per heavy atom. The molecule has 2 aromatic carbocycles. The minimum Gasteiger partial charge on any atom is -0.490 e. The highest BCUT2D eigenvalue weighted by Gasteiger charge is 2.30. The van der Waals surface area contributed by atoms with Gasteiger partial charge in [-0.1, -0.05) is 18.2 Å². The van der Waals surface area contributed by atoms with E-state index in [0.717, 1.165) is 12.1 Å². The maximum atomic E-state index is 12.8. The van der Waals surface area contributed by atoms with Gasteiger partial charge in [-0.2, -0.15) is 13.2 Å². The summed E-state index contributed by atoms with van der Waals surface area (Å²) in [5.41, 5.74) is 0.264. The largest absolute Gasteiger partial charge is 0.490 e. The molecular weight excluding hydrogens is 449 g/mol. The van der Waals surface area contributed by atoms with Crippen molar-refractivity contribution in [3.05, 3.63) is 89.8 Å². The smallest absolute Gasteiger partial charge is 0.416 e. The lowest BCUT2D eigenvalue weighted by molar-refractivity contribution is -0.137. The fraction of sp³-hybridized carbons (Fsp3) is 0.160. The van der Waals surface area contributed by atoms with Crippen LogP contribution in [-0.4, -0.2) is 29.9 Å². The van der Waals surface area contributed by atoms with Crippen LogP contribution in [-0.2, 0) is 11.0 Å². The van der Waals surface area contributed by atoms with Crippen LogP contribution >= 0.6 is 0 Å². The number of aromatic nitrogens is 1. The summed E-state index contributed by atoms with van der Waals surface area (Å²) < 4.78 is 49.6. The molecule has 1 amide bonds. The molecule has 1 heterocycles. The number of benzene rings is 2. The van der Waals surface area contributed by atoms with Crippen LogP contribution in [0.25, 0.3) is 6.08 Å². The quantitative estimate of drug-likeness (QED) is 0.334. The van der Waals surface area contributed by atoms with Gasteiger partial charge in [0, 0.05) is 23.6 Å². The topological polar surface area (TPSA) is 77.5 Å². The number of halogens is 3.